The number of nitrogens with zero attached hydrogens (tertiary/aromatic N) is 3. The van der Waals surface area contributed by atoms with Gasteiger partial charge in [0.05, 0.1) is 11.4 Å². The zero-order chi connectivity index (χ0) is 20.3. The minimum Gasteiger partial charge on any atom is -0.493 e. The van der Waals surface area contributed by atoms with Gasteiger partial charge in [0.15, 0.2) is 0 Å². The van der Waals surface area contributed by atoms with Crippen LogP contribution in [0.15, 0.2) is 63.5 Å². The molecule has 0 atom stereocenters. The number of H-pyrrole nitrogens is 1. The molecule has 0 unspecified atom stereocenters. The molecule has 0 saturated carbocycles. The molecule has 3 N–H and O–H groups in total. The molecule has 3 aromatic rings. The summed E-state index contributed by atoms with van der Waals surface area (Å²) in [5.41, 5.74) is 2.18. The highest BCUT2D eigenvalue weighted by Crippen LogP contribution is 2.17. The van der Waals surface area contributed by atoms with Gasteiger partial charge in [-0.15, -0.1) is 0 Å². The summed E-state index contributed by atoms with van der Waals surface area (Å²) in [5, 5.41) is 14.4. The molecule has 0 fully saturated rings. The number of aromatic amines is 1. The standard InChI is InChI=1S/C19H17N5O4/c1-11-3-5-14(6-4-11)24-18(27)15(17(26)21-19(24)28)12(2)22-23-16(25)13-7-9-20-10-8-13/h3-10,27H,1-2H3,(H,23,25)(H,21,26,28). The number of hydrogen-bond donors (Lipinski definition) is 3. The number of benzene rings is 1. The lowest BCUT2D eigenvalue weighted by molar-refractivity contribution is 0.0954. The van der Waals surface area contributed by atoms with Gasteiger partial charge >= 0.3 is 5.69 Å². The first-order chi connectivity index (χ1) is 13.4. The van der Waals surface area contributed by atoms with Gasteiger partial charge in [0.2, 0.25) is 5.88 Å². The van der Waals surface area contributed by atoms with Crippen LogP contribution < -0.4 is 16.7 Å². The number of aromatic hydroxyl groups is 1. The van der Waals surface area contributed by atoms with Crippen LogP contribution in [0.4, 0.5) is 0 Å². The van der Waals surface area contributed by atoms with Crippen molar-refractivity contribution < 1.29 is 9.90 Å². The number of aromatic nitrogens is 3. The average molecular weight is 379 g/mol. The highest BCUT2D eigenvalue weighted by Gasteiger charge is 2.18. The maximum Gasteiger partial charge on any atom is 0.335 e. The fraction of sp³-hybridized carbons (Fsp3) is 0.105. The number of carbonyl (C=O) groups excluding carboxylic acids is 1. The van der Waals surface area contributed by atoms with Crippen molar-refractivity contribution in [3.63, 3.8) is 0 Å². The predicted octanol–water partition coefficient (Wildman–Crippen LogP) is 1.09. The number of rotatable bonds is 4. The van der Waals surface area contributed by atoms with Crippen molar-refractivity contribution >= 4 is 11.6 Å². The molecule has 0 aliphatic heterocycles. The molecule has 0 spiro atoms. The monoisotopic (exact) mass is 379 g/mol. The van der Waals surface area contributed by atoms with E-state index in [1.165, 1.54) is 31.5 Å². The van der Waals surface area contributed by atoms with Gasteiger partial charge in [0.1, 0.15) is 5.56 Å². The van der Waals surface area contributed by atoms with Crippen molar-refractivity contribution in [1.29, 1.82) is 0 Å². The van der Waals surface area contributed by atoms with Gasteiger partial charge in [-0.2, -0.15) is 5.10 Å². The highest BCUT2D eigenvalue weighted by molar-refractivity contribution is 6.02. The number of pyridine rings is 1. The third kappa shape index (κ3) is 3.73. The van der Waals surface area contributed by atoms with Crippen LogP contribution in [0.2, 0.25) is 0 Å². The fourth-order valence-corrected chi connectivity index (χ4v) is 2.54. The largest absolute Gasteiger partial charge is 0.493 e. The molecular formula is C19H17N5O4. The SMILES string of the molecule is CC(=NNC(=O)c1ccncc1)c1c(O)n(-c2ccc(C)cc2)c(=O)[nH]c1=O. The summed E-state index contributed by atoms with van der Waals surface area (Å²) in [5.74, 6) is -1.08. The Labute approximate surface area is 159 Å². The van der Waals surface area contributed by atoms with Crippen LogP contribution in [-0.4, -0.2) is 31.3 Å². The smallest absolute Gasteiger partial charge is 0.335 e. The van der Waals surface area contributed by atoms with E-state index in [0.717, 1.165) is 10.1 Å². The minimum absolute atomic E-state index is 0.0296. The molecule has 9 nitrogen and oxygen atoms in total. The van der Waals surface area contributed by atoms with E-state index in [1.807, 2.05) is 6.92 Å². The van der Waals surface area contributed by atoms with Gasteiger partial charge < -0.3 is 5.11 Å². The Balaban J connectivity index is 2.00. The Morgan fingerprint density at radius 2 is 1.79 bits per heavy atom. The Hall–Kier alpha value is -4.01. The van der Waals surface area contributed by atoms with E-state index in [9.17, 15) is 19.5 Å². The lowest BCUT2D eigenvalue weighted by atomic mass is 10.2. The van der Waals surface area contributed by atoms with Crippen molar-refractivity contribution in [3.05, 3.63) is 86.3 Å². The lowest BCUT2D eigenvalue weighted by Crippen LogP contribution is -2.33. The maximum absolute atomic E-state index is 12.2. The van der Waals surface area contributed by atoms with Crippen molar-refractivity contribution in [2.75, 3.05) is 0 Å². The number of hydrogen-bond acceptors (Lipinski definition) is 6. The van der Waals surface area contributed by atoms with Crippen molar-refractivity contribution in [1.82, 2.24) is 20.0 Å². The van der Waals surface area contributed by atoms with E-state index < -0.39 is 23.0 Å². The van der Waals surface area contributed by atoms with Crippen molar-refractivity contribution in [2.24, 2.45) is 5.10 Å². The number of amides is 1. The molecule has 1 aromatic carbocycles. The van der Waals surface area contributed by atoms with E-state index in [1.54, 1.807) is 24.3 Å². The molecule has 0 aliphatic rings. The van der Waals surface area contributed by atoms with Crippen LogP contribution in [0.1, 0.15) is 28.4 Å². The van der Waals surface area contributed by atoms with Gasteiger partial charge in [-0.1, -0.05) is 17.7 Å². The summed E-state index contributed by atoms with van der Waals surface area (Å²) >= 11 is 0. The molecule has 9 heteroatoms. The number of hydrazone groups is 1. The second-order valence-corrected chi connectivity index (χ2v) is 6.00. The van der Waals surface area contributed by atoms with Crippen LogP contribution in [0.5, 0.6) is 5.88 Å². The zero-order valence-electron chi connectivity index (χ0n) is 15.1. The molecule has 0 aliphatic carbocycles. The summed E-state index contributed by atoms with van der Waals surface area (Å²) in [7, 11) is 0. The summed E-state index contributed by atoms with van der Waals surface area (Å²) in [6, 6.07) is 9.81. The second kappa shape index (κ2) is 7.70. The van der Waals surface area contributed by atoms with Crippen LogP contribution in [0.25, 0.3) is 5.69 Å². The third-order valence-corrected chi connectivity index (χ3v) is 4.01. The van der Waals surface area contributed by atoms with E-state index >= 15 is 0 Å². The van der Waals surface area contributed by atoms with Crippen LogP contribution in [0, 0.1) is 6.92 Å². The summed E-state index contributed by atoms with van der Waals surface area (Å²) in [6.45, 7) is 3.31. The van der Waals surface area contributed by atoms with E-state index in [2.05, 4.69) is 20.5 Å². The Kier molecular flexibility index (Phi) is 5.16. The Morgan fingerprint density at radius 3 is 2.43 bits per heavy atom. The molecule has 2 aromatic heterocycles. The zero-order valence-corrected chi connectivity index (χ0v) is 15.1. The highest BCUT2D eigenvalue weighted by atomic mass is 16.3. The van der Waals surface area contributed by atoms with E-state index in [4.69, 9.17) is 0 Å². The molecule has 0 saturated heterocycles. The third-order valence-electron chi connectivity index (χ3n) is 4.01. The summed E-state index contributed by atoms with van der Waals surface area (Å²) in [6.07, 6.45) is 2.92. The quantitative estimate of drug-likeness (QED) is 0.461. The number of nitrogens with one attached hydrogen (secondary N) is 2. The molecular weight excluding hydrogens is 362 g/mol. The second-order valence-electron chi connectivity index (χ2n) is 6.00. The molecule has 142 valence electrons. The van der Waals surface area contributed by atoms with Crippen molar-refractivity contribution in [3.8, 4) is 11.6 Å². The van der Waals surface area contributed by atoms with Gasteiger partial charge in [0.25, 0.3) is 11.5 Å². The first-order valence-electron chi connectivity index (χ1n) is 8.29. The molecule has 3 rings (SSSR count). The van der Waals surface area contributed by atoms with Crippen LogP contribution >= 0.6 is 0 Å². The summed E-state index contributed by atoms with van der Waals surface area (Å²) < 4.78 is 0.958. The Morgan fingerprint density at radius 1 is 1.14 bits per heavy atom. The van der Waals surface area contributed by atoms with Gasteiger partial charge in [-0.05, 0) is 38.1 Å². The molecule has 1 amide bonds. The number of aryl methyl sites for hydroxylation is 1. The Bertz CT molecular complexity index is 1160. The molecule has 2 heterocycles. The van der Waals surface area contributed by atoms with Crippen LogP contribution in [-0.2, 0) is 0 Å². The fourth-order valence-electron chi connectivity index (χ4n) is 2.54. The van der Waals surface area contributed by atoms with E-state index in [-0.39, 0.29) is 11.3 Å². The molecule has 0 radical (unpaired) electrons. The lowest BCUT2D eigenvalue weighted by Gasteiger charge is -2.11. The predicted molar refractivity (Wildman–Crippen MR) is 103 cm³/mol. The number of carbonyl (C=O) groups is 1. The van der Waals surface area contributed by atoms with Crippen molar-refractivity contribution in [2.45, 2.75) is 13.8 Å². The molecule has 28 heavy (non-hydrogen) atoms. The average Bonchev–Trinajstić information content (AvgIpc) is 2.68. The molecule has 0 bridgehead atoms. The normalized spacial score (nSPS) is 11.3. The van der Waals surface area contributed by atoms with E-state index in [0.29, 0.717) is 11.3 Å². The van der Waals surface area contributed by atoms with Gasteiger partial charge in [-0.25, -0.2) is 14.8 Å². The van der Waals surface area contributed by atoms with Crippen LogP contribution in [0.3, 0.4) is 0 Å². The first kappa shape index (κ1) is 18.8. The van der Waals surface area contributed by atoms with Gasteiger partial charge in [-0.3, -0.25) is 19.6 Å². The maximum atomic E-state index is 12.2. The first-order valence-corrected chi connectivity index (χ1v) is 8.29. The topological polar surface area (TPSA) is 129 Å². The summed E-state index contributed by atoms with van der Waals surface area (Å²) in [4.78, 5) is 42.5. The van der Waals surface area contributed by atoms with Gasteiger partial charge in [0, 0.05) is 18.0 Å². The minimum atomic E-state index is -0.815.